The van der Waals surface area contributed by atoms with Crippen molar-refractivity contribution in [2.24, 2.45) is 5.73 Å². The van der Waals surface area contributed by atoms with Crippen LogP contribution in [-0.2, 0) is 12.8 Å². The van der Waals surface area contributed by atoms with E-state index >= 15 is 0 Å². The zero-order valence-corrected chi connectivity index (χ0v) is 13.9. The van der Waals surface area contributed by atoms with Crippen LogP contribution in [0.25, 0.3) is 0 Å². The van der Waals surface area contributed by atoms with Gasteiger partial charge in [-0.05, 0) is 44.2 Å². The SMILES string of the molecule is Cc1occc1C(=O)Nc1sc2c(c1C(N)=O)CCCCCC2. The number of rotatable bonds is 3. The van der Waals surface area contributed by atoms with E-state index in [1.165, 1.54) is 35.3 Å². The number of nitrogens with two attached hydrogens (primary N) is 1. The Bertz CT molecular complexity index is 745. The maximum Gasteiger partial charge on any atom is 0.259 e. The van der Waals surface area contributed by atoms with Gasteiger partial charge in [0.2, 0.25) is 0 Å². The van der Waals surface area contributed by atoms with Crippen molar-refractivity contribution in [3.63, 3.8) is 0 Å². The van der Waals surface area contributed by atoms with Gasteiger partial charge in [0.25, 0.3) is 11.8 Å². The van der Waals surface area contributed by atoms with E-state index in [1.54, 1.807) is 13.0 Å². The molecule has 2 aromatic heterocycles. The van der Waals surface area contributed by atoms with Crippen molar-refractivity contribution in [3.8, 4) is 0 Å². The molecule has 1 aliphatic carbocycles. The molecule has 0 bridgehead atoms. The minimum atomic E-state index is -0.470. The second-order valence-corrected chi connectivity index (χ2v) is 6.94. The number of carbonyl (C=O) groups is 2. The molecule has 1 aliphatic rings. The molecule has 3 N–H and O–H groups in total. The Hall–Kier alpha value is -2.08. The monoisotopic (exact) mass is 332 g/mol. The second kappa shape index (κ2) is 6.58. The molecule has 0 saturated heterocycles. The van der Waals surface area contributed by atoms with Crippen molar-refractivity contribution in [2.45, 2.75) is 45.4 Å². The van der Waals surface area contributed by atoms with Gasteiger partial charge in [0, 0.05) is 4.88 Å². The van der Waals surface area contributed by atoms with Gasteiger partial charge in [-0.3, -0.25) is 9.59 Å². The number of anilines is 1. The summed E-state index contributed by atoms with van der Waals surface area (Å²) in [6.45, 7) is 1.73. The molecule has 122 valence electrons. The van der Waals surface area contributed by atoms with Crippen molar-refractivity contribution >= 4 is 28.2 Å². The highest BCUT2D eigenvalue weighted by Crippen LogP contribution is 2.37. The van der Waals surface area contributed by atoms with Crippen molar-refractivity contribution in [2.75, 3.05) is 5.32 Å². The summed E-state index contributed by atoms with van der Waals surface area (Å²) in [7, 11) is 0. The lowest BCUT2D eigenvalue weighted by atomic mass is 9.96. The van der Waals surface area contributed by atoms with E-state index in [-0.39, 0.29) is 5.91 Å². The fraction of sp³-hybridized carbons (Fsp3) is 0.412. The molecule has 0 unspecified atom stereocenters. The minimum absolute atomic E-state index is 0.270. The molecule has 0 atom stereocenters. The first-order valence-corrected chi connectivity index (χ1v) is 8.69. The number of amides is 2. The molecule has 5 nitrogen and oxygen atoms in total. The molecule has 23 heavy (non-hydrogen) atoms. The molecule has 2 aromatic rings. The molecule has 2 amide bonds. The number of furan rings is 1. The van der Waals surface area contributed by atoms with Gasteiger partial charge < -0.3 is 15.5 Å². The number of fused-ring (bicyclic) bond motifs is 1. The number of primary amides is 1. The number of aryl methyl sites for hydroxylation is 2. The summed E-state index contributed by atoms with van der Waals surface area (Å²) in [6, 6.07) is 1.62. The van der Waals surface area contributed by atoms with Gasteiger partial charge >= 0.3 is 0 Å². The summed E-state index contributed by atoms with van der Waals surface area (Å²) in [5.41, 5.74) is 7.59. The molecule has 2 heterocycles. The van der Waals surface area contributed by atoms with Crippen molar-refractivity contribution < 1.29 is 14.0 Å². The quantitative estimate of drug-likeness (QED) is 0.899. The summed E-state index contributed by atoms with van der Waals surface area (Å²) in [5, 5.41) is 3.42. The lowest BCUT2D eigenvalue weighted by Crippen LogP contribution is -2.18. The van der Waals surface area contributed by atoms with Gasteiger partial charge in [-0.15, -0.1) is 11.3 Å². The topological polar surface area (TPSA) is 85.3 Å². The van der Waals surface area contributed by atoms with Crippen LogP contribution in [0.15, 0.2) is 16.7 Å². The Labute approximate surface area is 138 Å². The highest BCUT2D eigenvalue weighted by atomic mass is 32.1. The van der Waals surface area contributed by atoms with Crippen LogP contribution >= 0.6 is 11.3 Å². The summed E-state index contributed by atoms with van der Waals surface area (Å²) in [4.78, 5) is 25.5. The second-order valence-electron chi connectivity index (χ2n) is 5.83. The molecule has 6 heteroatoms. The third-order valence-electron chi connectivity index (χ3n) is 4.25. The Morgan fingerprint density at radius 3 is 2.61 bits per heavy atom. The van der Waals surface area contributed by atoms with Crippen molar-refractivity contribution in [1.29, 1.82) is 0 Å². The lowest BCUT2D eigenvalue weighted by molar-refractivity contribution is 0.100. The number of carbonyl (C=O) groups excluding carboxylic acids is 2. The van der Waals surface area contributed by atoms with Gasteiger partial charge in [0.05, 0.1) is 17.4 Å². The van der Waals surface area contributed by atoms with E-state index in [9.17, 15) is 9.59 Å². The highest BCUT2D eigenvalue weighted by Gasteiger charge is 2.24. The van der Waals surface area contributed by atoms with E-state index in [1.807, 2.05) is 0 Å². The van der Waals surface area contributed by atoms with Crippen LogP contribution in [-0.4, -0.2) is 11.8 Å². The van der Waals surface area contributed by atoms with Crippen LogP contribution in [0.3, 0.4) is 0 Å². The molecule has 3 rings (SSSR count). The van der Waals surface area contributed by atoms with Crippen LogP contribution in [0.5, 0.6) is 0 Å². The van der Waals surface area contributed by atoms with Crippen LogP contribution in [0.4, 0.5) is 5.00 Å². The van der Waals surface area contributed by atoms with E-state index in [2.05, 4.69) is 5.32 Å². The smallest absolute Gasteiger partial charge is 0.259 e. The molecular formula is C17H20N2O3S. The molecular weight excluding hydrogens is 312 g/mol. The Balaban J connectivity index is 1.95. The van der Waals surface area contributed by atoms with Gasteiger partial charge in [0.15, 0.2) is 0 Å². The standard InChI is InChI=1S/C17H20N2O3S/c1-10-11(8-9-22-10)16(21)19-17-14(15(18)20)12-6-4-2-3-5-7-13(12)23-17/h8-9H,2-7H2,1H3,(H2,18,20)(H,19,21). The van der Waals surface area contributed by atoms with Gasteiger partial charge in [-0.2, -0.15) is 0 Å². The maximum atomic E-state index is 12.4. The third-order valence-corrected chi connectivity index (χ3v) is 5.46. The van der Waals surface area contributed by atoms with Crippen LogP contribution in [0, 0.1) is 6.92 Å². The van der Waals surface area contributed by atoms with E-state index in [0.29, 0.717) is 21.9 Å². The Morgan fingerprint density at radius 2 is 1.96 bits per heavy atom. The van der Waals surface area contributed by atoms with E-state index < -0.39 is 5.91 Å². The molecule has 0 radical (unpaired) electrons. The number of hydrogen-bond acceptors (Lipinski definition) is 4. The normalized spacial score (nSPS) is 14.7. The van der Waals surface area contributed by atoms with Crippen LogP contribution in [0.1, 0.15) is 62.6 Å². The first kappa shape index (κ1) is 15.8. The zero-order valence-electron chi connectivity index (χ0n) is 13.1. The van der Waals surface area contributed by atoms with Gasteiger partial charge in [0.1, 0.15) is 10.8 Å². The summed E-state index contributed by atoms with van der Waals surface area (Å²) in [6.07, 6.45) is 7.82. The molecule has 0 saturated carbocycles. The lowest BCUT2D eigenvalue weighted by Gasteiger charge is -2.10. The number of hydrogen-bond donors (Lipinski definition) is 2. The fourth-order valence-electron chi connectivity index (χ4n) is 3.06. The van der Waals surface area contributed by atoms with Gasteiger partial charge in [-0.25, -0.2) is 0 Å². The molecule has 0 spiro atoms. The molecule has 0 aromatic carbocycles. The number of nitrogens with one attached hydrogen (secondary N) is 1. The summed E-state index contributed by atoms with van der Waals surface area (Å²) < 4.78 is 5.17. The Kier molecular flexibility index (Phi) is 4.52. The average Bonchev–Trinajstić information content (AvgIpc) is 3.03. The van der Waals surface area contributed by atoms with Crippen LogP contribution in [0.2, 0.25) is 0 Å². The van der Waals surface area contributed by atoms with Gasteiger partial charge in [-0.1, -0.05) is 12.8 Å². The van der Waals surface area contributed by atoms with Crippen LogP contribution < -0.4 is 11.1 Å². The fourth-order valence-corrected chi connectivity index (χ4v) is 4.35. The molecule has 0 aliphatic heterocycles. The summed E-state index contributed by atoms with van der Waals surface area (Å²) >= 11 is 1.48. The van der Waals surface area contributed by atoms with Crippen molar-refractivity contribution in [3.05, 3.63) is 39.7 Å². The van der Waals surface area contributed by atoms with E-state index in [0.717, 1.165) is 31.2 Å². The largest absolute Gasteiger partial charge is 0.469 e. The zero-order chi connectivity index (χ0) is 16.4. The first-order chi connectivity index (χ1) is 11.1. The first-order valence-electron chi connectivity index (χ1n) is 7.87. The van der Waals surface area contributed by atoms with E-state index in [4.69, 9.17) is 10.2 Å². The Morgan fingerprint density at radius 1 is 1.22 bits per heavy atom. The third kappa shape index (κ3) is 3.17. The summed E-state index contributed by atoms with van der Waals surface area (Å²) in [5.74, 6) is -0.187. The highest BCUT2D eigenvalue weighted by molar-refractivity contribution is 7.17. The predicted molar refractivity (Wildman–Crippen MR) is 90.1 cm³/mol. The molecule has 0 fully saturated rings. The number of thiophene rings is 1. The average molecular weight is 332 g/mol. The maximum absolute atomic E-state index is 12.4. The van der Waals surface area contributed by atoms with Crippen molar-refractivity contribution in [1.82, 2.24) is 0 Å². The predicted octanol–water partition coefficient (Wildman–Crippen LogP) is 3.66. The minimum Gasteiger partial charge on any atom is -0.469 e.